The average Bonchev–Trinajstić information content (AvgIpc) is 2.61. The number of rotatable bonds is 3. The third-order valence-electron chi connectivity index (χ3n) is 5.71. The number of ether oxygens (including phenoxy) is 1. The Kier molecular flexibility index (Phi) is 5.13. The number of aryl methyl sites for hydroxylation is 1. The molecule has 1 amide bonds. The van der Waals surface area contributed by atoms with Gasteiger partial charge in [0.2, 0.25) is 5.91 Å². The number of piperidine rings is 1. The fourth-order valence-corrected chi connectivity index (χ4v) is 4.43. The predicted octanol–water partition coefficient (Wildman–Crippen LogP) is 2.61. The average molecular weight is 345 g/mol. The fourth-order valence-electron chi connectivity index (χ4n) is 4.43. The van der Waals surface area contributed by atoms with Crippen molar-refractivity contribution >= 4 is 11.9 Å². The number of benzene rings is 1. The van der Waals surface area contributed by atoms with Crippen LogP contribution in [0.5, 0.6) is 0 Å². The first-order valence-electron chi connectivity index (χ1n) is 9.10. The van der Waals surface area contributed by atoms with Crippen molar-refractivity contribution in [2.24, 2.45) is 11.8 Å². The highest BCUT2D eigenvalue weighted by molar-refractivity contribution is 5.89. The van der Waals surface area contributed by atoms with Crippen molar-refractivity contribution in [2.45, 2.75) is 38.5 Å². The maximum Gasteiger partial charge on any atom is 0.308 e. The minimum atomic E-state index is -0.804. The molecular weight excluding hydrogens is 318 g/mol. The van der Waals surface area contributed by atoms with Gasteiger partial charge in [-0.1, -0.05) is 31.2 Å². The molecular formula is C20H27NO4. The molecule has 2 heterocycles. The molecule has 1 aromatic rings. The van der Waals surface area contributed by atoms with E-state index in [9.17, 15) is 14.7 Å². The minimum absolute atomic E-state index is 0.0721. The van der Waals surface area contributed by atoms with Crippen molar-refractivity contribution in [3.8, 4) is 0 Å². The Morgan fingerprint density at radius 3 is 2.52 bits per heavy atom. The Hall–Kier alpha value is -1.88. The van der Waals surface area contributed by atoms with Gasteiger partial charge in [0.05, 0.1) is 11.3 Å². The Bertz CT molecular complexity index is 651. The van der Waals surface area contributed by atoms with Crippen molar-refractivity contribution in [1.29, 1.82) is 0 Å². The quantitative estimate of drug-likeness (QED) is 0.914. The SMILES string of the molecule is Cc1ccccc1C1(C(=O)N2CC(C)CC(C(=O)O)C2)CCOCC1. The van der Waals surface area contributed by atoms with Crippen LogP contribution in [0.2, 0.25) is 0 Å². The Labute approximate surface area is 149 Å². The number of amides is 1. The van der Waals surface area contributed by atoms with Crippen molar-refractivity contribution in [3.63, 3.8) is 0 Å². The number of carboxylic acids is 1. The van der Waals surface area contributed by atoms with E-state index in [4.69, 9.17) is 4.74 Å². The molecule has 5 heteroatoms. The van der Waals surface area contributed by atoms with Crippen LogP contribution in [-0.2, 0) is 19.7 Å². The molecule has 2 aliphatic heterocycles. The molecule has 0 aliphatic carbocycles. The number of nitrogens with zero attached hydrogens (tertiary/aromatic N) is 1. The summed E-state index contributed by atoms with van der Waals surface area (Å²) in [7, 11) is 0. The summed E-state index contributed by atoms with van der Waals surface area (Å²) in [6, 6.07) is 8.05. The lowest BCUT2D eigenvalue weighted by Crippen LogP contribution is -2.55. The van der Waals surface area contributed by atoms with Gasteiger partial charge in [-0.15, -0.1) is 0 Å². The Morgan fingerprint density at radius 1 is 1.20 bits per heavy atom. The summed E-state index contributed by atoms with van der Waals surface area (Å²) in [5.41, 5.74) is 1.58. The number of hydrogen-bond donors (Lipinski definition) is 1. The summed E-state index contributed by atoms with van der Waals surface area (Å²) >= 11 is 0. The molecule has 0 spiro atoms. The van der Waals surface area contributed by atoms with Gasteiger partial charge in [0.25, 0.3) is 0 Å². The molecule has 2 unspecified atom stereocenters. The molecule has 0 bridgehead atoms. The molecule has 2 aliphatic rings. The minimum Gasteiger partial charge on any atom is -0.481 e. The van der Waals surface area contributed by atoms with Crippen LogP contribution < -0.4 is 0 Å². The van der Waals surface area contributed by atoms with Crippen LogP contribution in [0, 0.1) is 18.8 Å². The van der Waals surface area contributed by atoms with E-state index < -0.39 is 17.3 Å². The fraction of sp³-hybridized carbons (Fsp3) is 0.600. The number of likely N-dealkylation sites (tertiary alicyclic amines) is 1. The van der Waals surface area contributed by atoms with Crippen molar-refractivity contribution in [3.05, 3.63) is 35.4 Å². The Balaban J connectivity index is 1.95. The van der Waals surface area contributed by atoms with E-state index in [1.54, 1.807) is 4.90 Å². The second kappa shape index (κ2) is 7.16. The molecule has 0 aromatic heterocycles. The highest BCUT2D eigenvalue weighted by Gasteiger charge is 2.46. The van der Waals surface area contributed by atoms with E-state index in [0.717, 1.165) is 11.1 Å². The van der Waals surface area contributed by atoms with Gasteiger partial charge < -0.3 is 14.7 Å². The standard InChI is InChI=1S/C20H27NO4/c1-14-11-16(18(22)23)13-21(12-14)19(24)20(7-9-25-10-8-20)17-6-4-3-5-15(17)2/h3-6,14,16H,7-13H2,1-2H3,(H,22,23). The zero-order valence-corrected chi connectivity index (χ0v) is 15.0. The van der Waals surface area contributed by atoms with Crippen LogP contribution in [0.4, 0.5) is 0 Å². The van der Waals surface area contributed by atoms with Crippen molar-refractivity contribution in [2.75, 3.05) is 26.3 Å². The lowest BCUT2D eigenvalue weighted by molar-refractivity contribution is -0.150. The molecule has 3 rings (SSSR count). The lowest BCUT2D eigenvalue weighted by Gasteiger charge is -2.44. The summed E-state index contributed by atoms with van der Waals surface area (Å²) in [4.78, 5) is 26.9. The normalized spacial score (nSPS) is 26.2. The first-order chi connectivity index (χ1) is 11.9. The molecule has 2 atom stereocenters. The molecule has 136 valence electrons. The maximum absolute atomic E-state index is 13.6. The third-order valence-corrected chi connectivity index (χ3v) is 5.71. The highest BCUT2D eigenvalue weighted by Crippen LogP contribution is 2.39. The van der Waals surface area contributed by atoms with Crippen molar-refractivity contribution in [1.82, 2.24) is 4.90 Å². The van der Waals surface area contributed by atoms with Gasteiger partial charge in [-0.25, -0.2) is 0 Å². The van der Waals surface area contributed by atoms with Crippen LogP contribution in [0.3, 0.4) is 0 Å². The molecule has 0 radical (unpaired) electrons. The first-order valence-corrected chi connectivity index (χ1v) is 9.10. The van der Waals surface area contributed by atoms with E-state index in [2.05, 4.69) is 0 Å². The van der Waals surface area contributed by atoms with Gasteiger partial charge in [0.1, 0.15) is 0 Å². The van der Waals surface area contributed by atoms with Gasteiger partial charge in [-0.2, -0.15) is 0 Å². The van der Waals surface area contributed by atoms with Crippen LogP contribution >= 0.6 is 0 Å². The van der Waals surface area contributed by atoms with Crippen molar-refractivity contribution < 1.29 is 19.4 Å². The molecule has 5 nitrogen and oxygen atoms in total. The van der Waals surface area contributed by atoms with E-state index >= 15 is 0 Å². The first kappa shape index (κ1) is 17.9. The van der Waals surface area contributed by atoms with Crippen LogP contribution in [0.25, 0.3) is 0 Å². The summed E-state index contributed by atoms with van der Waals surface area (Å²) in [6.07, 6.45) is 1.94. The van der Waals surface area contributed by atoms with Gasteiger partial charge >= 0.3 is 5.97 Å². The predicted molar refractivity (Wildman–Crippen MR) is 94.4 cm³/mol. The number of carbonyl (C=O) groups is 2. The molecule has 0 saturated carbocycles. The zero-order valence-electron chi connectivity index (χ0n) is 15.0. The Morgan fingerprint density at radius 2 is 1.88 bits per heavy atom. The largest absolute Gasteiger partial charge is 0.481 e. The van der Waals surface area contributed by atoms with E-state index in [1.165, 1.54) is 0 Å². The molecule has 2 saturated heterocycles. The third kappa shape index (κ3) is 3.43. The number of carboxylic acid groups (broad SMARTS) is 1. The zero-order chi connectivity index (χ0) is 18.0. The van der Waals surface area contributed by atoms with Gasteiger partial charge in [-0.05, 0) is 43.2 Å². The summed E-state index contributed by atoms with van der Waals surface area (Å²) in [5, 5.41) is 9.43. The summed E-state index contributed by atoms with van der Waals surface area (Å²) < 4.78 is 5.54. The smallest absolute Gasteiger partial charge is 0.308 e. The van der Waals surface area contributed by atoms with E-state index in [-0.39, 0.29) is 11.8 Å². The topological polar surface area (TPSA) is 66.8 Å². The van der Waals surface area contributed by atoms with Gasteiger partial charge in [-0.3, -0.25) is 9.59 Å². The second-order valence-corrected chi connectivity index (χ2v) is 7.60. The lowest BCUT2D eigenvalue weighted by atomic mass is 9.71. The van der Waals surface area contributed by atoms with Gasteiger partial charge in [0.15, 0.2) is 0 Å². The highest BCUT2D eigenvalue weighted by atomic mass is 16.5. The monoisotopic (exact) mass is 345 g/mol. The van der Waals surface area contributed by atoms with Crippen LogP contribution in [-0.4, -0.2) is 48.2 Å². The summed E-state index contributed by atoms with van der Waals surface area (Å²) in [5.74, 6) is -1.00. The molecule has 1 N–H and O–H groups in total. The van der Waals surface area contributed by atoms with E-state index in [1.807, 2.05) is 38.1 Å². The number of hydrogen-bond acceptors (Lipinski definition) is 3. The van der Waals surface area contributed by atoms with Gasteiger partial charge in [0, 0.05) is 26.3 Å². The molecule has 2 fully saturated rings. The summed E-state index contributed by atoms with van der Waals surface area (Å²) in [6.45, 7) is 6.14. The molecule has 1 aromatic carbocycles. The number of aliphatic carboxylic acids is 1. The molecule has 25 heavy (non-hydrogen) atoms. The second-order valence-electron chi connectivity index (χ2n) is 7.60. The van der Waals surface area contributed by atoms with Crippen LogP contribution in [0.1, 0.15) is 37.3 Å². The van der Waals surface area contributed by atoms with E-state index in [0.29, 0.717) is 45.6 Å². The maximum atomic E-state index is 13.6. The van der Waals surface area contributed by atoms with Crippen LogP contribution in [0.15, 0.2) is 24.3 Å². The number of carbonyl (C=O) groups excluding carboxylic acids is 1.